The zero-order valence-corrected chi connectivity index (χ0v) is 8.85. The molecule has 3 unspecified atom stereocenters. The Kier molecular flexibility index (Phi) is 1.81. The number of aryl methyl sites for hydroxylation is 1. The molecular weight excluding hydrogens is 186 g/mol. The van der Waals surface area contributed by atoms with E-state index in [1.807, 2.05) is 13.0 Å². The van der Waals surface area contributed by atoms with Crippen molar-refractivity contribution in [3.63, 3.8) is 0 Å². The lowest BCUT2D eigenvalue weighted by molar-refractivity contribution is 0.567. The second kappa shape index (κ2) is 3.05. The molecule has 1 aromatic heterocycles. The van der Waals surface area contributed by atoms with Crippen LogP contribution in [0.15, 0.2) is 18.2 Å². The Labute approximate surface area is 89.4 Å². The molecule has 15 heavy (non-hydrogen) atoms. The molecule has 3 nitrogen and oxygen atoms in total. The number of allylic oxidation sites excluding steroid dienone is 2. The van der Waals surface area contributed by atoms with Crippen molar-refractivity contribution in [3.05, 3.63) is 29.7 Å². The van der Waals surface area contributed by atoms with Crippen molar-refractivity contribution >= 4 is 5.82 Å². The number of fused-ring (bicyclic) bond motifs is 2. The van der Waals surface area contributed by atoms with E-state index in [4.69, 9.17) is 5.73 Å². The van der Waals surface area contributed by atoms with Crippen LogP contribution in [0, 0.1) is 18.8 Å². The molecule has 0 spiro atoms. The summed E-state index contributed by atoms with van der Waals surface area (Å²) in [4.78, 5) is 8.63. The monoisotopic (exact) mass is 201 g/mol. The van der Waals surface area contributed by atoms with E-state index in [-0.39, 0.29) is 0 Å². The Bertz CT molecular complexity index is 405. The van der Waals surface area contributed by atoms with Crippen molar-refractivity contribution in [1.82, 2.24) is 9.97 Å². The summed E-state index contributed by atoms with van der Waals surface area (Å²) in [5.41, 5.74) is 6.89. The fourth-order valence-electron chi connectivity index (χ4n) is 2.93. The normalized spacial score (nSPS) is 32.5. The zero-order valence-electron chi connectivity index (χ0n) is 8.85. The van der Waals surface area contributed by atoms with E-state index in [9.17, 15) is 0 Å². The van der Waals surface area contributed by atoms with Crippen LogP contribution in [0.1, 0.15) is 30.3 Å². The predicted octanol–water partition coefficient (Wildman–Crippen LogP) is 2.05. The van der Waals surface area contributed by atoms with Gasteiger partial charge in [-0.2, -0.15) is 0 Å². The number of rotatable bonds is 1. The van der Waals surface area contributed by atoms with Crippen LogP contribution in [-0.4, -0.2) is 9.97 Å². The molecule has 1 aromatic rings. The maximum atomic E-state index is 5.76. The van der Waals surface area contributed by atoms with Crippen molar-refractivity contribution in [2.75, 3.05) is 5.73 Å². The second-order valence-corrected chi connectivity index (χ2v) is 4.65. The summed E-state index contributed by atoms with van der Waals surface area (Å²) < 4.78 is 0. The molecule has 3 heteroatoms. The average Bonchev–Trinajstić information content (AvgIpc) is 2.76. The molecule has 1 heterocycles. The molecule has 78 valence electrons. The first-order chi connectivity index (χ1) is 7.22. The third-order valence-electron chi connectivity index (χ3n) is 3.54. The van der Waals surface area contributed by atoms with Crippen LogP contribution in [0.4, 0.5) is 5.82 Å². The summed E-state index contributed by atoms with van der Waals surface area (Å²) in [7, 11) is 0. The number of hydrogen-bond acceptors (Lipinski definition) is 3. The molecule has 0 saturated heterocycles. The maximum Gasteiger partial charge on any atom is 0.127 e. The van der Waals surface area contributed by atoms with Gasteiger partial charge in [0.2, 0.25) is 0 Å². The molecule has 2 N–H and O–H groups in total. The first-order valence-electron chi connectivity index (χ1n) is 5.52. The third kappa shape index (κ3) is 1.42. The Balaban J connectivity index is 1.96. The molecule has 2 bridgehead atoms. The highest BCUT2D eigenvalue weighted by Crippen LogP contribution is 2.48. The molecule has 1 saturated carbocycles. The van der Waals surface area contributed by atoms with Gasteiger partial charge < -0.3 is 5.73 Å². The lowest BCUT2D eigenvalue weighted by Crippen LogP contribution is -2.09. The number of anilines is 1. The molecule has 2 aliphatic rings. The molecule has 3 rings (SSSR count). The van der Waals surface area contributed by atoms with Gasteiger partial charge in [0.05, 0.1) is 0 Å². The van der Waals surface area contributed by atoms with Gasteiger partial charge in [0, 0.05) is 17.7 Å². The van der Waals surface area contributed by atoms with Crippen molar-refractivity contribution < 1.29 is 0 Å². The first kappa shape index (κ1) is 8.89. The van der Waals surface area contributed by atoms with Crippen LogP contribution in [0.2, 0.25) is 0 Å². The van der Waals surface area contributed by atoms with E-state index >= 15 is 0 Å². The van der Waals surface area contributed by atoms with Crippen molar-refractivity contribution in [1.29, 1.82) is 0 Å². The van der Waals surface area contributed by atoms with E-state index in [1.165, 1.54) is 12.8 Å². The molecule has 0 aliphatic heterocycles. The van der Waals surface area contributed by atoms with Crippen LogP contribution in [0.25, 0.3) is 0 Å². The van der Waals surface area contributed by atoms with E-state index in [0.717, 1.165) is 17.4 Å². The van der Waals surface area contributed by atoms with Gasteiger partial charge in [-0.15, -0.1) is 0 Å². The zero-order chi connectivity index (χ0) is 10.4. The molecule has 1 fully saturated rings. The Morgan fingerprint density at radius 1 is 1.27 bits per heavy atom. The lowest BCUT2D eigenvalue weighted by atomic mass is 9.90. The van der Waals surface area contributed by atoms with Crippen LogP contribution in [0.3, 0.4) is 0 Å². The standard InChI is InChI=1S/C12H15N3/c1-7-14-11(6-12(13)15-7)10-5-8-2-3-9(10)4-8/h2-3,6,8-10H,4-5H2,1H3,(H2,13,14,15). The quantitative estimate of drug-likeness (QED) is 0.707. The minimum absolute atomic E-state index is 0.573. The Hall–Kier alpha value is -1.38. The van der Waals surface area contributed by atoms with Crippen LogP contribution >= 0.6 is 0 Å². The number of nitrogen functional groups attached to an aromatic ring is 1. The summed E-state index contributed by atoms with van der Waals surface area (Å²) in [5.74, 6) is 3.42. The van der Waals surface area contributed by atoms with Crippen LogP contribution in [0.5, 0.6) is 0 Å². The molecule has 2 aliphatic carbocycles. The number of nitrogens with two attached hydrogens (primary N) is 1. The van der Waals surface area contributed by atoms with E-state index in [2.05, 4.69) is 22.1 Å². The first-order valence-corrected chi connectivity index (χ1v) is 5.52. The van der Waals surface area contributed by atoms with Crippen molar-refractivity contribution in [2.45, 2.75) is 25.7 Å². The summed E-state index contributed by atoms with van der Waals surface area (Å²) in [6.07, 6.45) is 7.22. The highest BCUT2D eigenvalue weighted by atomic mass is 14.9. The predicted molar refractivity (Wildman–Crippen MR) is 59.3 cm³/mol. The van der Waals surface area contributed by atoms with Crippen molar-refractivity contribution in [2.24, 2.45) is 11.8 Å². The Morgan fingerprint density at radius 2 is 2.13 bits per heavy atom. The number of aromatic nitrogens is 2. The van der Waals surface area contributed by atoms with Crippen molar-refractivity contribution in [3.8, 4) is 0 Å². The van der Waals surface area contributed by atoms with Crippen LogP contribution in [-0.2, 0) is 0 Å². The van der Waals surface area contributed by atoms with E-state index < -0.39 is 0 Å². The topological polar surface area (TPSA) is 51.8 Å². The van der Waals surface area contributed by atoms with Gasteiger partial charge in [0.1, 0.15) is 11.6 Å². The fourth-order valence-corrected chi connectivity index (χ4v) is 2.93. The lowest BCUT2D eigenvalue weighted by Gasteiger charge is -2.17. The van der Waals surface area contributed by atoms with Gasteiger partial charge >= 0.3 is 0 Å². The molecule has 0 aromatic carbocycles. The molecule has 3 atom stereocenters. The maximum absolute atomic E-state index is 5.76. The minimum Gasteiger partial charge on any atom is -0.384 e. The Morgan fingerprint density at radius 3 is 2.73 bits per heavy atom. The average molecular weight is 201 g/mol. The molecule has 0 amide bonds. The summed E-state index contributed by atoms with van der Waals surface area (Å²) in [6, 6.07) is 1.94. The highest BCUT2D eigenvalue weighted by Gasteiger charge is 2.37. The summed E-state index contributed by atoms with van der Waals surface area (Å²) in [5, 5.41) is 0. The van der Waals surface area contributed by atoms with Gasteiger partial charge in [0.25, 0.3) is 0 Å². The summed E-state index contributed by atoms with van der Waals surface area (Å²) >= 11 is 0. The van der Waals surface area contributed by atoms with E-state index in [0.29, 0.717) is 17.7 Å². The molecular formula is C12H15N3. The minimum atomic E-state index is 0.573. The van der Waals surface area contributed by atoms with Gasteiger partial charge in [-0.25, -0.2) is 9.97 Å². The van der Waals surface area contributed by atoms with Gasteiger partial charge in [0.15, 0.2) is 0 Å². The number of nitrogens with zero attached hydrogens (tertiary/aromatic N) is 2. The van der Waals surface area contributed by atoms with Gasteiger partial charge in [-0.3, -0.25) is 0 Å². The van der Waals surface area contributed by atoms with Gasteiger partial charge in [-0.05, 0) is 31.6 Å². The highest BCUT2D eigenvalue weighted by molar-refractivity contribution is 5.33. The number of hydrogen-bond donors (Lipinski definition) is 1. The summed E-state index contributed by atoms with van der Waals surface area (Å²) in [6.45, 7) is 1.91. The fraction of sp³-hybridized carbons (Fsp3) is 0.500. The SMILES string of the molecule is Cc1nc(N)cc(C2CC3C=CC2C3)n1. The third-order valence-corrected chi connectivity index (χ3v) is 3.54. The van der Waals surface area contributed by atoms with Gasteiger partial charge in [-0.1, -0.05) is 12.2 Å². The van der Waals surface area contributed by atoms with E-state index in [1.54, 1.807) is 0 Å². The smallest absolute Gasteiger partial charge is 0.127 e. The van der Waals surface area contributed by atoms with Crippen LogP contribution < -0.4 is 5.73 Å². The molecule has 0 radical (unpaired) electrons. The largest absolute Gasteiger partial charge is 0.384 e. The second-order valence-electron chi connectivity index (χ2n) is 4.65.